The summed E-state index contributed by atoms with van der Waals surface area (Å²) in [6.45, 7) is 7.25. The second-order valence-corrected chi connectivity index (χ2v) is 4.73. The van der Waals surface area contributed by atoms with Gasteiger partial charge in [-0.15, -0.1) is 0 Å². The summed E-state index contributed by atoms with van der Waals surface area (Å²) in [5.41, 5.74) is -0.718. The Morgan fingerprint density at radius 3 is 2.53 bits per heavy atom. The molecule has 3 atom stereocenters. The van der Waals surface area contributed by atoms with Crippen molar-refractivity contribution in [3.05, 3.63) is 0 Å². The van der Waals surface area contributed by atoms with Crippen molar-refractivity contribution in [2.75, 3.05) is 33.4 Å². The van der Waals surface area contributed by atoms with Crippen molar-refractivity contribution >= 4 is 0 Å². The topological polar surface area (TPSA) is 71.0 Å². The summed E-state index contributed by atoms with van der Waals surface area (Å²) < 4.78 is 10.3. The molecular weight excluding hydrogens is 222 g/mol. The lowest BCUT2D eigenvalue weighted by molar-refractivity contribution is -0.0326. The van der Waals surface area contributed by atoms with E-state index in [1.807, 2.05) is 13.8 Å². The summed E-state index contributed by atoms with van der Waals surface area (Å²) in [5, 5.41) is 22.4. The normalized spacial score (nSPS) is 18.7. The van der Waals surface area contributed by atoms with E-state index in [9.17, 15) is 10.2 Å². The van der Waals surface area contributed by atoms with Gasteiger partial charge in [0.15, 0.2) is 0 Å². The molecule has 0 radical (unpaired) electrons. The van der Waals surface area contributed by atoms with Gasteiger partial charge in [-0.05, 0) is 20.3 Å². The van der Waals surface area contributed by atoms with Crippen LogP contribution in [-0.2, 0) is 9.47 Å². The number of rotatable bonds is 10. The molecule has 104 valence electrons. The first-order chi connectivity index (χ1) is 7.91. The fraction of sp³-hybridized carbons (Fsp3) is 1.00. The van der Waals surface area contributed by atoms with Crippen LogP contribution >= 0.6 is 0 Å². The zero-order valence-corrected chi connectivity index (χ0v) is 11.4. The summed E-state index contributed by atoms with van der Waals surface area (Å²) in [6, 6.07) is 0. The van der Waals surface area contributed by atoms with Gasteiger partial charge in [0.25, 0.3) is 0 Å². The number of aliphatic hydroxyl groups excluding tert-OH is 1. The van der Waals surface area contributed by atoms with E-state index in [0.29, 0.717) is 26.1 Å². The van der Waals surface area contributed by atoms with Gasteiger partial charge in [-0.3, -0.25) is 0 Å². The van der Waals surface area contributed by atoms with E-state index in [-0.39, 0.29) is 12.7 Å². The molecule has 0 saturated carbocycles. The van der Waals surface area contributed by atoms with Crippen LogP contribution in [0.15, 0.2) is 0 Å². The molecule has 5 nitrogen and oxygen atoms in total. The molecule has 0 amide bonds. The van der Waals surface area contributed by atoms with Gasteiger partial charge in [0.05, 0.1) is 31.0 Å². The van der Waals surface area contributed by atoms with Gasteiger partial charge in [0, 0.05) is 20.2 Å². The maximum absolute atomic E-state index is 9.73. The van der Waals surface area contributed by atoms with E-state index < -0.39 is 11.7 Å². The minimum absolute atomic E-state index is 0.0200. The molecule has 3 N–H and O–H groups in total. The molecule has 0 aromatic rings. The van der Waals surface area contributed by atoms with Crippen LogP contribution < -0.4 is 5.32 Å². The van der Waals surface area contributed by atoms with Gasteiger partial charge in [-0.1, -0.05) is 6.92 Å². The van der Waals surface area contributed by atoms with E-state index in [0.717, 1.165) is 0 Å². The predicted molar refractivity (Wildman–Crippen MR) is 67.1 cm³/mol. The Balaban J connectivity index is 3.56. The first-order valence-corrected chi connectivity index (χ1v) is 6.13. The Kier molecular flexibility index (Phi) is 8.72. The first-order valence-electron chi connectivity index (χ1n) is 6.13. The van der Waals surface area contributed by atoms with Crippen molar-refractivity contribution < 1.29 is 19.7 Å². The highest BCUT2D eigenvalue weighted by Gasteiger charge is 2.17. The Labute approximate surface area is 104 Å². The van der Waals surface area contributed by atoms with Gasteiger partial charge < -0.3 is 25.0 Å². The zero-order valence-electron chi connectivity index (χ0n) is 11.4. The van der Waals surface area contributed by atoms with Gasteiger partial charge in [0.1, 0.15) is 0 Å². The van der Waals surface area contributed by atoms with Crippen LogP contribution in [-0.4, -0.2) is 61.4 Å². The molecule has 0 saturated heterocycles. The summed E-state index contributed by atoms with van der Waals surface area (Å²) in [4.78, 5) is 0. The third kappa shape index (κ3) is 9.50. The maximum Gasteiger partial charge on any atom is 0.0897 e. The lowest BCUT2D eigenvalue weighted by Crippen LogP contribution is -2.41. The van der Waals surface area contributed by atoms with Crippen LogP contribution in [0.2, 0.25) is 0 Å². The van der Waals surface area contributed by atoms with Crippen molar-refractivity contribution in [2.45, 2.75) is 45.0 Å². The molecule has 0 aliphatic heterocycles. The number of hydrogen-bond donors (Lipinski definition) is 3. The SMILES string of the molecule is CCC(C)(O)CNCC(O)COC(C)COC. The van der Waals surface area contributed by atoms with Gasteiger partial charge >= 0.3 is 0 Å². The number of aliphatic hydroxyl groups is 2. The monoisotopic (exact) mass is 249 g/mol. The Morgan fingerprint density at radius 2 is 2.00 bits per heavy atom. The van der Waals surface area contributed by atoms with E-state index in [1.165, 1.54) is 0 Å². The molecule has 0 aliphatic rings. The summed E-state index contributed by atoms with van der Waals surface area (Å²) in [6.07, 6.45) is 0.0904. The molecule has 0 aromatic heterocycles. The average molecular weight is 249 g/mol. The van der Waals surface area contributed by atoms with Gasteiger partial charge in [0.2, 0.25) is 0 Å². The maximum atomic E-state index is 9.73. The third-order valence-electron chi connectivity index (χ3n) is 2.62. The smallest absolute Gasteiger partial charge is 0.0897 e. The standard InChI is InChI=1S/C12H27NO4/c1-5-12(3,15)9-13-6-11(14)8-17-10(2)7-16-4/h10-11,13-15H,5-9H2,1-4H3. The van der Waals surface area contributed by atoms with Crippen LogP contribution in [0.25, 0.3) is 0 Å². The summed E-state index contributed by atoms with van der Waals surface area (Å²) in [5.74, 6) is 0. The lowest BCUT2D eigenvalue weighted by Gasteiger charge is -2.23. The molecule has 0 fully saturated rings. The molecule has 0 aromatic carbocycles. The Hall–Kier alpha value is -0.200. The highest BCUT2D eigenvalue weighted by molar-refractivity contribution is 4.74. The van der Waals surface area contributed by atoms with Crippen molar-refractivity contribution in [1.82, 2.24) is 5.32 Å². The van der Waals surface area contributed by atoms with Crippen LogP contribution in [0.5, 0.6) is 0 Å². The third-order valence-corrected chi connectivity index (χ3v) is 2.62. The molecule has 0 aliphatic carbocycles. The molecular formula is C12H27NO4. The number of methoxy groups -OCH3 is 1. The second kappa shape index (κ2) is 8.83. The Bertz CT molecular complexity index is 187. The minimum atomic E-state index is -0.718. The zero-order chi connectivity index (χ0) is 13.3. The Morgan fingerprint density at radius 1 is 1.35 bits per heavy atom. The van der Waals surface area contributed by atoms with E-state index in [2.05, 4.69) is 5.32 Å². The predicted octanol–water partition coefficient (Wildman–Crippen LogP) is 0.149. The van der Waals surface area contributed by atoms with E-state index in [1.54, 1.807) is 14.0 Å². The molecule has 0 bridgehead atoms. The molecule has 3 unspecified atom stereocenters. The molecule has 5 heteroatoms. The number of ether oxygens (including phenoxy) is 2. The van der Waals surface area contributed by atoms with Crippen molar-refractivity contribution in [1.29, 1.82) is 0 Å². The summed E-state index contributed by atoms with van der Waals surface area (Å²) >= 11 is 0. The minimum Gasteiger partial charge on any atom is -0.389 e. The fourth-order valence-corrected chi connectivity index (χ4v) is 1.25. The average Bonchev–Trinajstić information content (AvgIpc) is 2.26. The first kappa shape index (κ1) is 16.8. The highest BCUT2D eigenvalue weighted by Crippen LogP contribution is 2.05. The van der Waals surface area contributed by atoms with Gasteiger partial charge in [-0.25, -0.2) is 0 Å². The van der Waals surface area contributed by atoms with Crippen LogP contribution in [0.1, 0.15) is 27.2 Å². The molecule has 0 rings (SSSR count). The van der Waals surface area contributed by atoms with Crippen LogP contribution in [0.4, 0.5) is 0 Å². The molecule has 0 spiro atoms. The largest absolute Gasteiger partial charge is 0.389 e. The van der Waals surface area contributed by atoms with Crippen LogP contribution in [0, 0.1) is 0 Å². The van der Waals surface area contributed by atoms with E-state index >= 15 is 0 Å². The van der Waals surface area contributed by atoms with Gasteiger partial charge in [-0.2, -0.15) is 0 Å². The second-order valence-electron chi connectivity index (χ2n) is 4.73. The van der Waals surface area contributed by atoms with Crippen molar-refractivity contribution in [3.8, 4) is 0 Å². The summed E-state index contributed by atoms with van der Waals surface area (Å²) in [7, 11) is 1.62. The fourth-order valence-electron chi connectivity index (χ4n) is 1.25. The van der Waals surface area contributed by atoms with Crippen molar-refractivity contribution in [2.24, 2.45) is 0 Å². The van der Waals surface area contributed by atoms with Crippen LogP contribution in [0.3, 0.4) is 0 Å². The number of hydrogen-bond acceptors (Lipinski definition) is 5. The quantitative estimate of drug-likeness (QED) is 0.514. The highest BCUT2D eigenvalue weighted by atomic mass is 16.5. The van der Waals surface area contributed by atoms with E-state index in [4.69, 9.17) is 9.47 Å². The van der Waals surface area contributed by atoms with Crippen molar-refractivity contribution in [3.63, 3.8) is 0 Å². The molecule has 17 heavy (non-hydrogen) atoms. The lowest BCUT2D eigenvalue weighted by atomic mass is 10.0. The number of nitrogens with one attached hydrogen (secondary N) is 1. The molecule has 0 heterocycles.